The molecule has 0 bridgehead atoms. The summed E-state index contributed by atoms with van der Waals surface area (Å²) in [6.07, 6.45) is 3.03. The molecule has 1 N–H and O–H groups in total. The lowest BCUT2D eigenvalue weighted by atomic mass is 10.1. The number of benzene rings is 2. The van der Waals surface area contributed by atoms with Crippen molar-refractivity contribution in [2.75, 3.05) is 20.1 Å². The Hall–Kier alpha value is -3.43. The highest BCUT2D eigenvalue weighted by molar-refractivity contribution is 5.93. The molecule has 0 aliphatic carbocycles. The number of rotatable bonds is 5. The van der Waals surface area contributed by atoms with E-state index in [2.05, 4.69) is 30.4 Å². The number of hydrogen-bond acceptors (Lipinski definition) is 4. The Kier molecular flexibility index (Phi) is 6.15. The van der Waals surface area contributed by atoms with Gasteiger partial charge in [-0.3, -0.25) is 4.79 Å². The molecule has 2 aromatic carbocycles. The number of amides is 1. The Morgan fingerprint density at radius 2 is 1.94 bits per heavy atom. The van der Waals surface area contributed by atoms with Crippen molar-refractivity contribution in [1.29, 1.82) is 5.26 Å². The average molecular weight is 414 g/mol. The lowest BCUT2D eigenvalue weighted by Gasteiger charge is -2.32. The van der Waals surface area contributed by atoms with Gasteiger partial charge in [-0.2, -0.15) is 10.4 Å². The van der Waals surface area contributed by atoms with Gasteiger partial charge >= 0.3 is 0 Å². The normalized spacial score (nSPS) is 16.2. The third kappa shape index (κ3) is 4.37. The largest absolute Gasteiger partial charge is 0.336 e. The van der Waals surface area contributed by atoms with Gasteiger partial charge in [0.2, 0.25) is 0 Å². The van der Waals surface area contributed by atoms with Gasteiger partial charge in [0.15, 0.2) is 5.69 Å². The number of nitriles is 1. The van der Waals surface area contributed by atoms with Crippen LogP contribution in [0.4, 0.5) is 0 Å². The fraction of sp³-hybridized carbons (Fsp3) is 0.320. The van der Waals surface area contributed by atoms with Gasteiger partial charge in [0.05, 0.1) is 23.0 Å². The Balaban J connectivity index is 1.74. The first-order chi connectivity index (χ1) is 15.1. The van der Waals surface area contributed by atoms with E-state index in [-0.39, 0.29) is 5.91 Å². The topological polar surface area (TPSA) is 74.0 Å². The third-order valence-electron chi connectivity index (χ3n) is 5.94. The summed E-state index contributed by atoms with van der Waals surface area (Å²) in [7, 11) is 1.94. The van der Waals surface area contributed by atoms with E-state index < -0.39 is 0 Å². The van der Waals surface area contributed by atoms with Crippen LogP contribution >= 0.6 is 0 Å². The minimum absolute atomic E-state index is 0.0428. The van der Waals surface area contributed by atoms with Gasteiger partial charge in [-0.25, -0.2) is 4.68 Å². The number of likely N-dealkylation sites (N-methyl/N-ethyl adjacent to an activating group) is 1. The van der Waals surface area contributed by atoms with Crippen molar-refractivity contribution in [2.24, 2.45) is 0 Å². The molecule has 2 heterocycles. The number of aromatic nitrogens is 2. The van der Waals surface area contributed by atoms with Gasteiger partial charge < -0.3 is 10.2 Å². The maximum atomic E-state index is 13.3. The lowest BCUT2D eigenvalue weighted by Crippen LogP contribution is -2.47. The summed E-state index contributed by atoms with van der Waals surface area (Å²) in [5, 5.41) is 17.1. The van der Waals surface area contributed by atoms with Crippen molar-refractivity contribution in [3.8, 4) is 23.0 Å². The minimum atomic E-state index is -0.0428. The number of likely N-dealkylation sites (tertiary alicyclic amines) is 1. The van der Waals surface area contributed by atoms with Crippen LogP contribution in [0.1, 0.15) is 41.4 Å². The first kappa shape index (κ1) is 20.8. The van der Waals surface area contributed by atoms with Crippen molar-refractivity contribution in [1.82, 2.24) is 20.0 Å². The average Bonchev–Trinajstić information content (AvgIpc) is 3.29. The van der Waals surface area contributed by atoms with E-state index in [0.29, 0.717) is 23.8 Å². The Morgan fingerprint density at radius 1 is 1.19 bits per heavy atom. The first-order valence-corrected chi connectivity index (χ1v) is 10.8. The van der Waals surface area contributed by atoms with E-state index in [4.69, 9.17) is 10.4 Å². The van der Waals surface area contributed by atoms with Crippen molar-refractivity contribution in [3.05, 3.63) is 71.4 Å². The molecular formula is C25H27N5O. The number of piperidine rings is 1. The van der Waals surface area contributed by atoms with Crippen LogP contribution in [-0.2, 0) is 6.42 Å². The second kappa shape index (κ2) is 9.15. The summed E-state index contributed by atoms with van der Waals surface area (Å²) in [6.45, 7) is 3.57. The molecule has 0 radical (unpaired) electrons. The summed E-state index contributed by atoms with van der Waals surface area (Å²) in [5.74, 6) is -0.0428. The molecule has 1 aliphatic heterocycles. The third-order valence-corrected chi connectivity index (χ3v) is 5.94. The zero-order valence-corrected chi connectivity index (χ0v) is 18.0. The van der Waals surface area contributed by atoms with Crippen LogP contribution in [0.2, 0.25) is 0 Å². The van der Waals surface area contributed by atoms with Gasteiger partial charge in [-0.15, -0.1) is 0 Å². The highest BCUT2D eigenvalue weighted by atomic mass is 16.2. The SMILES string of the molecule is CCc1ccc(-n2nc(C(=O)N3CCC[C@@H](NC)C3)cc2-c2ccc(C#N)cc2)cc1. The van der Waals surface area contributed by atoms with Crippen molar-refractivity contribution < 1.29 is 4.79 Å². The summed E-state index contributed by atoms with van der Waals surface area (Å²) in [4.78, 5) is 15.2. The fourth-order valence-corrected chi connectivity index (χ4v) is 4.04. The molecule has 31 heavy (non-hydrogen) atoms. The number of carbonyl (C=O) groups excluding carboxylic acids is 1. The molecule has 0 saturated carbocycles. The van der Waals surface area contributed by atoms with Crippen molar-refractivity contribution in [2.45, 2.75) is 32.2 Å². The Morgan fingerprint density at radius 3 is 2.58 bits per heavy atom. The Bertz CT molecular complexity index is 1090. The zero-order chi connectivity index (χ0) is 21.8. The number of nitrogens with zero attached hydrogens (tertiary/aromatic N) is 4. The summed E-state index contributed by atoms with van der Waals surface area (Å²) in [6, 6.07) is 20.0. The monoisotopic (exact) mass is 413 g/mol. The summed E-state index contributed by atoms with van der Waals surface area (Å²) >= 11 is 0. The van der Waals surface area contributed by atoms with Crippen LogP contribution in [0.5, 0.6) is 0 Å². The quantitative estimate of drug-likeness (QED) is 0.691. The minimum Gasteiger partial charge on any atom is -0.336 e. The molecule has 1 aliphatic rings. The molecule has 158 valence electrons. The number of aryl methyl sites for hydroxylation is 1. The standard InChI is InChI=1S/C25H27N5O/c1-3-18-8-12-22(13-9-18)30-24(20-10-6-19(16-26)7-11-20)15-23(28-30)25(31)29-14-4-5-21(17-29)27-2/h6-13,15,21,27H,3-5,14,17H2,1-2H3/t21-/m1/s1. The molecule has 1 fully saturated rings. The van der Waals surface area contributed by atoms with Crippen molar-refractivity contribution >= 4 is 5.91 Å². The molecule has 1 saturated heterocycles. The first-order valence-electron chi connectivity index (χ1n) is 10.8. The second-order valence-corrected chi connectivity index (χ2v) is 7.91. The van der Waals surface area contributed by atoms with Crippen LogP contribution in [0.25, 0.3) is 16.9 Å². The van der Waals surface area contributed by atoms with E-state index in [1.165, 1.54) is 5.56 Å². The van der Waals surface area contributed by atoms with Crippen LogP contribution in [0.15, 0.2) is 54.6 Å². The van der Waals surface area contributed by atoms with Gasteiger partial charge in [0.1, 0.15) is 0 Å². The van der Waals surface area contributed by atoms with E-state index in [1.807, 2.05) is 47.0 Å². The summed E-state index contributed by atoms with van der Waals surface area (Å²) in [5.41, 5.74) is 4.94. The van der Waals surface area contributed by atoms with E-state index in [1.54, 1.807) is 12.1 Å². The predicted octanol–water partition coefficient (Wildman–Crippen LogP) is 3.80. The summed E-state index contributed by atoms with van der Waals surface area (Å²) < 4.78 is 1.83. The molecular weight excluding hydrogens is 386 g/mol. The number of carbonyl (C=O) groups is 1. The Labute approximate surface area is 183 Å². The molecule has 1 aromatic heterocycles. The van der Waals surface area contributed by atoms with Gasteiger partial charge in [0, 0.05) is 24.7 Å². The molecule has 6 nitrogen and oxygen atoms in total. The number of nitrogens with one attached hydrogen (secondary N) is 1. The zero-order valence-electron chi connectivity index (χ0n) is 18.0. The van der Waals surface area contributed by atoms with Crippen LogP contribution in [0, 0.1) is 11.3 Å². The fourth-order valence-electron chi connectivity index (χ4n) is 4.04. The van der Waals surface area contributed by atoms with Crippen LogP contribution < -0.4 is 5.32 Å². The molecule has 4 rings (SSSR count). The van der Waals surface area contributed by atoms with E-state index >= 15 is 0 Å². The van der Waals surface area contributed by atoms with Gasteiger partial charge in [-0.1, -0.05) is 31.2 Å². The van der Waals surface area contributed by atoms with E-state index in [9.17, 15) is 4.79 Å². The number of hydrogen-bond donors (Lipinski definition) is 1. The highest BCUT2D eigenvalue weighted by Crippen LogP contribution is 2.26. The molecule has 6 heteroatoms. The highest BCUT2D eigenvalue weighted by Gasteiger charge is 2.26. The van der Waals surface area contributed by atoms with E-state index in [0.717, 1.165) is 42.8 Å². The molecule has 1 atom stereocenters. The van der Waals surface area contributed by atoms with Crippen molar-refractivity contribution in [3.63, 3.8) is 0 Å². The van der Waals surface area contributed by atoms with Crippen LogP contribution in [0.3, 0.4) is 0 Å². The van der Waals surface area contributed by atoms with Gasteiger partial charge in [0.25, 0.3) is 5.91 Å². The van der Waals surface area contributed by atoms with Gasteiger partial charge in [-0.05, 0) is 62.2 Å². The molecule has 0 spiro atoms. The maximum Gasteiger partial charge on any atom is 0.274 e. The lowest BCUT2D eigenvalue weighted by molar-refractivity contribution is 0.0691. The molecule has 0 unspecified atom stereocenters. The van der Waals surface area contributed by atoms with Crippen LogP contribution in [-0.4, -0.2) is 46.8 Å². The molecule has 1 amide bonds. The smallest absolute Gasteiger partial charge is 0.274 e. The second-order valence-electron chi connectivity index (χ2n) is 7.91. The predicted molar refractivity (Wildman–Crippen MR) is 121 cm³/mol. The molecule has 3 aromatic rings. The maximum absolute atomic E-state index is 13.3.